The van der Waals surface area contributed by atoms with Gasteiger partial charge in [-0.2, -0.15) is 0 Å². The van der Waals surface area contributed by atoms with Crippen LogP contribution in [0.2, 0.25) is 0 Å². The summed E-state index contributed by atoms with van der Waals surface area (Å²) in [5.41, 5.74) is 17.4. The maximum absolute atomic E-state index is 7.03. The number of ether oxygens (including phenoxy) is 1. The molecule has 0 saturated heterocycles. The zero-order chi connectivity index (χ0) is 54.2. The molecule has 388 valence electrons. The Labute approximate surface area is 457 Å². The minimum Gasteiger partial charge on any atom is -0.457 e. The molecule has 10 aromatic rings. The van der Waals surface area contributed by atoms with E-state index in [0.717, 1.165) is 45.1 Å². The molecule has 5 nitrogen and oxygen atoms in total. The number of rotatable bonds is 10. The maximum atomic E-state index is 7.03. The Kier molecular flexibility index (Phi) is 12.6. The van der Waals surface area contributed by atoms with Crippen molar-refractivity contribution in [1.29, 1.82) is 0 Å². The van der Waals surface area contributed by atoms with Crippen LogP contribution in [0.5, 0.6) is 11.5 Å². The van der Waals surface area contributed by atoms with Gasteiger partial charge in [-0.25, -0.2) is 4.98 Å². The van der Waals surface area contributed by atoms with Crippen LogP contribution in [0.3, 0.4) is 0 Å². The second kappa shape index (κ2) is 19.0. The molecule has 0 saturated carbocycles. The van der Waals surface area contributed by atoms with Crippen molar-refractivity contribution >= 4 is 44.6 Å². The summed E-state index contributed by atoms with van der Waals surface area (Å²) in [4.78, 5) is 10.1. The Morgan fingerprint density at radius 2 is 0.922 bits per heavy atom. The molecule has 0 unspecified atom stereocenters. The molecule has 77 heavy (non-hydrogen) atoms. The van der Waals surface area contributed by atoms with E-state index in [-0.39, 0.29) is 27.1 Å². The van der Waals surface area contributed by atoms with Crippen LogP contribution < -0.4 is 14.5 Å². The SMILES string of the molecule is CC(C)(C)c1cc(N2CN(c3cccc(Oc4ccc5c6cc(-c7ccccc7)ccc6n(-c6cc(C(C)(C)C)ccn6)c5c4)c3)c3cc(C(C)(C)c4ccccc4)c(C(C)(C)c4ccccc4)cc32)cc(C(C)(C)C)c1. The van der Waals surface area contributed by atoms with Crippen molar-refractivity contribution in [2.24, 2.45) is 0 Å². The van der Waals surface area contributed by atoms with Crippen molar-refractivity contribution in [3.8, 4) is 28.4 Å². The molecule has 11 rings (SSSR count). The van der Waals surface area contributed by atoms with Crippen LogP contribution in [0.15, 0.2) is 200 Å². The lowest BCUT2D eigenvalue weighted by Crippen LogP contribution is -2.28. The molecule has 8 aromatic carbocycles. The van der Waals surface area contributed by atoms with Gasteiger partial charge in [0.05, 0.1) is 22.4 Å². The lowest BCUT2D eigenvalue weighted by molar-refractivity contribution is 0.483. The van der Waals surface area contributed by atoms with E-state index in [4.69, 9.17) is 9.72 Å². The number of nitrogens with zero attached hydrogens (tertiary/aromatic N) is 4. The molecule has 0 bridgehead atoms. The van der Waals surface area contributed by atoms with Gasteiger partial charge in [0.25, 0.3) is 0 Å². The van der Waals surface area contributed by atoms with Gasteiger partial charge in [0.2, 0.25) is 0 Å². The van der Waals surface area contributed by atoms with Gasteiger partial charge in [-0.05, 0) is 139 Å². The van der Waals surface area contributed by atoms with Crippen molar-refractivity contribution < 1.29 is 4.74 Å². The number of hydrogen-bond donors (Lipinski definition) is 0. The first-order valence-electron chi connectivity index (χ1n) is 27.5. The maximum Gasteiger partial charge on any atom is 0.137 e. The van der Waals surface area contributed by atoms with Crippen molar-refractivity contribution in [3.63, 3.8) is 0 Å². The molecule has 3 heterocycles. The van der Waals surface area contributed by atoms with Crippen molar-refractivity contribution in [2.45, 2.75) is 117 Å². The monoisotopic (exact) mass is 1010 g/mol. The first-order valence-corrected chi connectivity index (χ1v) is 27.5. The van der Waals surface area contributed by atoms with Gasteiger partial charge in [0.1, 0.15) is 24.0 Å². The summed E-state index contributed by atoms with van der Waals surface area (Å²) in [5.74, 6) is 2.40. The number of aromatic nitrogens is 2. The second-order valence-electron chi connectivity index (χ2n) is 25.5. The summed E-state index contributed by atoms with van der Waals surface area (Å²) in [6.07, 6.45) is 1.94. The third-order valence-electron chi connectivity index (χ3n) is 16.3. The normalized spacial score (nSPS) is 13.4. The molecule has 0 radical (unpaired) electrons. The van der Waals surface area contributed by atoms with E-state index in [1.165, 1.54) is 66.8 Å². The average molecular weight is 1010 g/mol. The van der Waals surface area contributed by atoms with Crippen molar-refractivity contribution in [1.82, 2.24) is 9.55 Å². The van der Waals surface area contributed by atoms with E-state index in [1.807, 2.05) is 6.20 Å². The zero-order valence-electron chi connectivity index (χ0n) is 47.5. The van der Waals surface area contributed by atoms with E-state index in [0.29, 0.717) is 6.67 Å². The third-order valence-corrected chi connectivity index (χ3v) is 16.3. The van der Waals surface area contributed by atoms with Crippen LogP contribution in [0.25, 0.3) is 38.8 Å². The first-order chi connectivity index (χ1) is 36.6. The highest BCUT2D eigenvalue weighted by Gasteiger charge is 2.39. The van der Waals surface area contributed by atoms with Gasteiger partial charge >= 0.3 is 0 Å². The van der Waals surface area contributed by atoms with Crippen LogP contribution in [0, 0.1) is 0 Å². The number of fused-ring (bicyclic) bond motifs is 4. The number of hydrogen-bond acceptors (Lipinski definition) is 4. The van der Waals surface area contributed by atoms with Crippen LogP contribution in [0.1, 0.15) is 129 Å². The quantitative estimate of drug-likeness (QED) is 0.137. The average Bonchev–Trinajstić information content (AvgIpc) is 4.05. The first kappa shape index (κ1) is 51.2. The topological polar surface area (TPSA) is 33.5 Å². The van der Waals surface area contributed by atoms with E-state index in [9.17, 15) is 0 Å². The van der Waals surface area contributed by atoms with Crippen LogP contribution in [-0.2, 0) is 27.1 Å². The molecular formula is C72H74N4O. The molecule has 1 aliphatic heterocycles. The Morgan fingerprint density at radius 1 is 0.377 bits per heavy atom. The van der Waals surface area contributed by atoms with Crippen molar-refractivity contribution in [3.05, 3.63) is 239 Å². The predicted octanol–water partition coefficient (Wildman–Crippen LogP) is 19.4. The lowest BCUT2D eigenvalue weighted by Gasteiger charge is -2.37. The number of pyridine rings is 1. The van der Waals surface area contributed by atoms with Crippen LogP contribution >= 0.6 is 0 Å². The van der Waals surface area contributed by atoms with Crippen molar-refractivity contribution in [2.75, 3.05) is 16.5 Å². The molecular weight excluding hydrogens is 937 g/mol. The lowest BCUT2D eigenvalue weighted by atomic mass is 9.68. The van der Waals surface area contributed by atoms with Gasteiger partial charge in [-0.3, -0.25) is 4.57 Å². The fourth-order valence-corrected chi connectivity index (χ4v) is 11.4. The molecule has 0 N–H and O–H groups in total. The number of anilines is 4. The van der Waals surface area contributed by atoms with Crippen LogP contribution in [0.4, 0.5) is 22.7 Å². The summed E-state index contributed by atoms with van der Waals surface area (Å²) in [7, 11) is 0. The highest BCUT2D eigenvalue weighted by molar-refractivity contribution is 6.10. The predicted molar refractivity (Wildman–Crippen MR) is 326 cm³/mol. The molecule has 1 aliphatic rings. The summed E-state index contributed by atoms with van der Waals surface area (Å²) >= 11 is 0. The highest BCUT2D eigenvalue weighted by Crippen LogP contribution is 2.52. The molecule has 0 fully saturated rings. The summed E-state index contributed by atoms with van der Waals surface area (Å²) < 4.78 is 9.33. The molecule has 2 aromatic heterocycles. The van der Waals surface area contributed by atoms with Gasteiger partial charge < -0.3 is 14.5 Å². The van der Waals surface area contributed by atoms with E-state index in [1.54, 1.807) is 0 Å². The Hall–Kier alpha value is -7.89. The van der Waals surface area contributed by atoms with Gasteiger partial charge in [-0.15, -0.1) is 0 Å². The Balaban J connectivity index is 1.07. The van der Waals surface area contributed by atoms with Crippen LogP contribution in [-0.4, -0.2) is 16.2 Å². The fourth-order valence-electron chi connectivity index (χ4n) is 11.4. The third kappa shape index (κ3) is 9.60. The number of benzene rings is 8. The van der Waals surface area contributed by atoms with Gasteiger partial charge in [0, 0.05) is 51.3 Å². The zero-order valence-corrected chi connectivity index (χ0v) is 47.5. The Bertz CT molecular complexity index is 3780. The molecule has 0 atom stereocenters. The summed E-state index contributed by atoms with van der Waals surface area (Å²) in [5, 5.41) is 2.31. The molecule has 5 heteroatoms. The molecule has 0 amide bonds. The fraction of sp³-hybridized carbons (Fsp3) is 0.264. The smallest absolute Gasteiger partial charge is 0.137 e. The minimum atomic E-state index is -0.332. The summed E-state index contributed by atoms with van der Waals surface area (Å²) in [6.45, 7) is 30.9. The second-order valence-corrected chi connectivity index (χ2v) is 25.5. The highest BCUT2D eigenvalue weighted by atomic mass is 16.5. The van der Waals surface area contributed by atoms with E-state index < -0.39 is 0 Å². The minimum absolute atomic E-state index is 0.0460. The molecule has 0 spiro atoms. The Morgan fingerprint density at radius 3 is 1.49 bits per heavy atom. The molecule has 0 aliphatic carbocycles. The largest absolute Gasteiger partial charge is 0.457 e. The van der Waals surface area contributed by atoms with E-state index >= 15 is 0 Å². The van der Waals surface area contributed by atoms with Gasteiger partial charge in [0.15, 0.2) is 0 Å². The standard InChI is InChI=1S/C72H74N4O/c1-68(2,3)52-36-37-73-67(42-52)76-63-35-32-49(48-24-17-14-18-25-48)38-60(63)59-34-33-58(44-64(59)76)77-57-31-23-30-55(43-57)74-47-75(56-40-53(69(4,5)6)39-54(41-56)70(7,8)9)66-46-62(72(12,13)51-28-21-16-22-29-51)61(45-65(66)74)71(10,11)50-26-19-15-20-27-50/h14-46H,47H2,1-13H3. The summed E-state index contributed by atoms with van der Waals surface area (Å²) in [6, 6.07) is 71.3. The van der Waals surface area contributed by atoms with E-state index in [2.05, 4.69) is 298 Å². The van der Waals surface area contributed by atoms with Gasteiger partial charge in [-0.1, -0.05) is 199 Å².